The van der Waals surface area contributed by atoms with Crippen LogP contribution >= 0.6 is 0 Å². The third-order valence-corrected chi connectivity index (χ3v) is 6.77. The van der Waals surface area contributed by atoms with Crippen molar-refractivity contribution in [2.24, 2.45) is 0 Å². The van der Waals surface area contributed by atoms with Gasteiger partial charge in [-0.2, -0.15) is 13.2 Å². The van der Waals surface area contributed by atoms with Gasteiger partial charge in [-0.05, 0) is 42.0 Å². The molecular formula is C20H19F3N4O5S. The number of halogens is 3. The molecule has 2 aliphatic heterocycles. The molecule has 1 aromatic carbocycles. The van der Waals surface area contributed by atoms with E-state index in [9.17, 15) is 31.2 Å². The summed E-state index contributed by atoms with van der Waals surface area (Å²) >= 11 is 0. The predicted molar refractivity (Wildman–Crippen MR) is 110 cm³/mol. The van der Waals surface area contributed by atoms with E-state index in [0.717, 1.165) is 40.5 Å². The number of carbonyl (C=O) groups excluding carboxylic acids is 2. The van der Waals surface area contributed by atoms with E-state index in [4.69, 9.17) is 4.74 Å². The molecule has 176 valence electrons. The van der Waals surface area contributed by atoms with Crippen molar-refractivity contribution in [2.75, 3.05) is 42.6 Å². The minimum atomic E-state index is -5.53. The average molecular weight is 484 g/mol. The molecule has 0 unspecified atom stereocenters. The van der Waals surface area contributed by atoms with Crippen molar-refractivity contribution in [1.82, 2.24) is 9.88 Å². The van der Waals surface area contributed by atoms with Gasteiger partial charge in [-0.15, -0.1) is 0 Å². The maximum Gasteiger partial charge on any atom is 0.501 e. The molecule has 0 N–H and O–H groups in total. The van der Waals surface area contributed by atoms with Crippen molar-refractivity contribution in [3.05, 3.63) is 48.2 Å². The SMILES string of the molecule is O=C1CN(Cc2ccnc(N3CCOCC3)c2)C(=O)N1c1ccc(S(=O)(=O)C(F)(F)F)cc1. The van der Waals surface area contributed by atoms with Crippen LogP contribution in [0.4, 0.5) is 29.5 Å². The van der Waals surface area contributed by atoms with Crippen molar-refractivity contribution in [2.45, 2.75) is 16.9 Å². The molecule has 3 amide bonds. The number of nitrogens with zero attached hydrogens (tertiary/aromatic N) is 4. The first-order valence-electron chi connectivity index (χ1n) is 9.89. The summed E-state index contributed by atoms with van der Waals surface area (Å²) in [5.74, 6) is 0.154. The Bertz CT molecular complexity index is 1160. The van der Waals surface area contributed by atoms with Gasteiger partial charge >= 0.3 is 11.5 Å². The van der Waals surface area contributed by atoms with E-state index >= 15 is 0 Å². The molecule has 9 nitrogen and oxygen atoms in total. The minimum absolute atomic E-state index is 0.0163. The first-order chi connectivity index (χ1) is 15.6. The van der Waals surface area contributed by atoms with Crippen molar-refractivity contribution >= 4 is 33.3 Å². The summed E-state index contributed by atoms with van der Waals surface area (Å²) in [7, 11) is -5.53. The van der Waals surface area contributed by atoms with Gasteiger partial charge in [-0.3, -0.25) is 4.79 Å². The van der Waals surface area contributed by atoms with Crippen molar-refractivity contribution in [3.63, 3.8) is 0 Å². The van der Waals surface area contributed by atoms with Crippen LogP contribution in [-0.4, -0.2) is 68.6 Å². The van der Waals surface area contributed by atoms with Crippen LogP contribution in [0.5, 0.6) is 0 Å². The molecule has 2 aliphatic rings. The second kappa shape index (κ2) is 8.63. The van der Waals surface area contributed by atoms with Gasteiger partial charge in [0.25, 0.3) is 15.7 Å². The maximum atomic E-state index is 12.8. The number of amides is 3. The zero-order valence-corrected chi connectivity index (χ0v) is 18.0. The summed E-state index contributed by atoms with van der Waals surface area (Å²) < 4.78 is 66.5. The Hall–Kier alpha value is -3.19. The van der Waals surface area contributed by atoms with E-state index in [1.807, 2.05) is 11.0 Å². The van der Waals surface area contributed by atoms with E-state index in [1.165, 1.54) is 4.90 Å². The number of sulfone groups is 1. The highest BCUT2D eigenvalue weighted by molar-refractivity contribution is 7.92. The molecule has 0 atom stereocenters. The summed E-state index contributed by atoms with van der Waals surface area (Å²) in [5, 5.41) is 0. The topological polar surface area (TPSA) is 100 Å². The quantitative estimate of drug-likeness (QED) is 0.600. The van der Waals surface area contributed by atoms with Gasteiger partial charge in [0, 0.05) is 25.8 Å². The molecule has 1 aromatic heterocycles. The predicted octanol–water partition coefficient (Wildman–Crippen LogP) is 2.18. The van der Waals surface area contributed by atoms with Gasteiger partial charge in [-0.25, -0.2) is 23.1 Å². The van der Waals surface area contributed by atoms with Gasteiger partial charge in [0.15, 0.2) is 0 Å². The second-order valence-electron chi connectivity index (χ2n) is 7.43. The Morgan fingerprint density at radius 2 is 1.70 bits per heavy atom. The number of urea groups is 1. The number of hydrogen-bond acceptors (Lipinski definition) is 7. The van der Waals surface area contributed by atoms with Crippen LogP contribution < -0.4 is 9.80 Å². The Balaban J connectivity index is 1.49. The first-order valence-corrected chi connectivity index (χ1v) is 11.4. The van der Waals surface area contributed by atoms with Crippen LogP contribution in [0.25, 0.3) is 0 Å². The van der Waals surface area contributed by atoms with E-state index in [0.29, 0.717) is 26.3 Å². The largest absolute Gasteiger partial charge is 0.501 e. The Morgan fingerprint density at radius 1 is 1.03 bits per heavy atom. The van der Waals surface area contributed by atoms with E-state index in [-0.39, 0.29) is 18.8 Å². The number of morpholine rings is 1. The molecule has 2 fully saturated rings. The Kier molecular flexibility index (Phi) is 6.01. The highest BCUT2D eigenvalue weighted by Crippen LogP contribution is 2.32. The summed E-state index contributed by atoms with van der Waals surface area (Å²) in [6.45, 7) is 2.45. The zero-order chi connectivity index (χ0) is 23.8. The monoisotopic (exact) mass is 484 g/mol. The number of hydrogen-bond donors (Lipinski definition) is 0. The fraction of sp³-hybridized carbons (Fsp3) is 0.350. The third kappa shape index (κ3) is 4.50. The van der Waals surface area contributed by atoms with Gasteiger partial charge < -0.3 is 14.5 Å². The number of pyridine rings is 1. The summed E-state index contributed by atoms with van der Waals surface area (Å²) in [6, 6.07) is 6.33. The summed E-state index contributed by atoms with van der Waals surface area (Å²) in [4.78, 5) is 32.8. The van der Waals surface area contributed by atoms with Crippen molar-refractivity contribution in [1.29, 1.82) is 0 Å². The number of imide groups is 1. The molecule has 0 saturated carbocycles. The lowest BCUT2D eigenvalue weighted by molar-refractivity contribution is -0.116. The number of rotatable bonds is 5. The number of ether oxygens (including phenoxy) is 1. The van der Waals surface area contributed by atoms with Crippen LogP contribution in [0.1, 0.15) is 5.56 Å². The molecule has 2 aromatic rings. The van der Waals surface area contributed by atoms with Gasteiger partial charge in [0.1, 0.15) is 12.4 Å². The smallest absolute Gasteiger partial charge is 0.378 e. The van der Waals surface area contributed by atoms with Crippen LogP contribution in [0.2, 0.25) is 0 Å². The zero-order valence-electron chi connectivity index (χ0n) is 17.2. The maximum absolute atomic E-state index is 12.8. The first kappa shape index (κ1) is 23.0. The molecule has 0 bridgehead atoms. The van der Waals surface area contributed by atoms with Crippen LogP contribution in [-0.2, 0) is 25.9 Å². The van der Waals surface area contributed by atoms with Crippen LogP contribution in [0.3, 0.4) is 0 Å². The van der Waals surface area contributed by atoms with Gasteiger partial charge in [0.2, 0.25) is 0 Å². The minimum Gasteiger partial charge on any atom is -0.378 e. The molecule has 0 spiro atoms. The lowest BCUT2D eigenvalue weighted by Crippen LogP contribution is -2.37. The number of aromatic nitrogens is 1. The molecule has 0 aliphatic carbocycles. The van der Waals surface area contributed by atoms with Crippen LogP contribution in [0.15, 0.2) is 47.5 Å². The third-order valence-electron chi connectivity index (χ3n) is 5.27. The average Bonchev–Trinajstić information content (AvgIpc) is 3.06. The van der Waals surface area contributed by atoms with Gasteiger partial charge in [0.05, 0.1) is 23.8 Å². The molecule has 33 heavy (non-hydrogen) atoms. The van der Waals surface area contributed by atoms with Crippen molar-refractivity contribution in [3.8, 4) is 0 Å². The highest BCUT2D eigenvalue weighted by atomic mass is 32.2. The molecule has 2 saturated heterocycles. The summed E-state index contributed by atoms with van der Waals surface area (Å²) in [5.41, 5.74) is -4.71. The fourth-order valence-electron chi connectivity index (χ4n) is 3.58. The Labute approximate surface area is 187 Å². The number of alkyl halides is 3. The number of benzene rings is 1. The normalized spacial score (nSPS) is 17.7. The molecular weight excluding hydrogens is 465 g/mol. The van der Waals surface area contributed by atoms with Crippen LogP contribution in [0, 0.1) is 0 Å². The van der Waals surface area contributed by atoms with Gasteiger partial charge in [-0.1, -0.05) is 0 Å². The molecule has 13 heteroatoms. The fourth-order valence-corrected chi connectivity index (χ4v) is 4.34. The molecule has 4 rings (SSSR count). The Morgan fingerprint density at radius 3 is 2.33 bits per heavy atom. The molecule has 3 heterocycles. The van der Waals surface area contributed by atoms with E-state index < -0.39 is 32.2 Å². The van der Waals surface area contributed by atoms with Crippen molar-refractivity contribution < 1.29 is 35.9 Å². The number of anilines is 2. The highest BCUT2D eigenvalue weighted by Gasteiger charge is 2.47. The lowest BCUT2D eigenvalue weighted by Gasteiger charge is -2.28. The number of carbonyl (C=O) groups is 2. The standard InChI is InChI=1S/C20H19F3N4O5S/c21-20(22,23)33(30,31)16-3-1-15(2-4-16)27-18(28)13-26(19(27)29)12-14-5-6-24-17(11-14)25-7-9-32-10-8-25/h1-6,11H,7-10,12-13H2. The lowest BCUT2D eigenvalue weighted by atomic mass is 10.2. The van der Waals surface area contributed by atoms with E-state index in [2.05, 4.69) is 4.98 Å². The molecule has 0 radical (unpaired) electrons. The summed E-state index contributed by atoms with van der Waals surface area (Å²) in [6.07, 6.45) is 1.61. The second-order valence-corrected chi connectivity index (χ2v) is 9.37. The van der Waals surface area contributed by atoms with E-state index in [1.54, 1.807) is 12.3 Å².